The molecule has 3 aliphatic heterocycles. The van der Waals surface area contributed by atoms with Gasteiger partial charge in [-0.3, -0.25) is 14.4 Å². The first-order valence-corrected chi connectivity index (χ1v) is 33.4. The number of hydrogen-bond donors (Lipinski definition) is 4. The number of aromatic nitrogens is 9. The number of benzene rings is 7. The van der Waals surface area contributed by atoms with E-state index in [9.17, 15) is 19.5 Å². The van der Waals surface area contributed by atoms with Crippen LogP contribution in [-0.4, -0.2) is 118 Å². The van der Waals surface area contributed by atoms with E-state index in [1.807, 2.05) is 175 Å². The second kappa shape index (κ2) is 29.2. The van der Waals surface area contributed by atoms with Crippen LogP contribution in [0.3, 0.4) is 0 Å². The molecule has 0 atom stereocenters. The molecule has 17 rings (SSSR count). The van der Waals surface area contributed by atoms with Gasteiger partial charge in [-0.05, 0) is 140 Å². The van der Waals surface area contributed by atoms with Crippen molar-refractivity contribution < 1.29 is 43.2 Å². The first kappa shape index (κ1) is 65.6. The summed E-state index contributed by atoms with van der Waals surface area (Å²) in [5.74, 6) is 2.01. The Labute approximate surface area is 584 Å². The predicted molar refractivity (Wildman–Crippen MR) is 388 cm³/mol. The number of carbonyl (C=O) groups is 3. The van der Waals surface area contributed by atoms with E-state index in [-0.39, 0.29) is 81.4 Å². The van der Waals surface area contributed by atoms with Crippen molar-refractivity contribution in [2.24, 2.45) is 0 Å². The van der Waals surface area contributed by atoms with Gasteiger partial charge in [0, 0.05) is 58.2 Å². The summed E-state index contributed by atoms with van der Waals surface area (Å²) in [6.07, 6.45) is 16.2. The number of carbonyl (C=O) groups excluding carboxylic acids is 3. The van der Waals surface area contributed by atoms with Crippen molar-refractivity contribution in [1.82, 2.24) is 43.6 Å². The van der Waals surface area contributed by atoms with E-state index in [1.54, 1.807) is 26.8 Å². The highest BCUT2D eigenvalue weighted by atomic mass is 35.5. The van der Waals surface area contributed by atoms with E-state index in [2.05, 4.69) is 62.8 Å². The SMILES string of the molecule is CCl.Nc1ncnc2c1C(=O)N(c1ccc3c(ccn3-c3ccccc3O)c1)CCO2.Nc1ncnc2c1C(=O)N(c1ccc3c(ccn3-c3ccccc3OC3CCCC3)c1)CCO2.Nc1ncnc2c1C(=O)N(c1ccc3c(ccn3-c3ccccc3OCc3ccccc3)c1)CCO2. The maximum atomic E-state index is 13.3. The van der Waals surface area contributed by atoms with Crippen LogP contribution in [0.25, 0.3) is 49.8 Å². The number of anilines is 6. The second-order valence-corrected chi connectivity index (χ2v) is 23.7. The molecular formula is C76H68ClN15O9. The number of hydrogen-bond acceptors (Lipinski definition) is 18. The molecular weight excluding hydrogens is 1300 g/mol. The lowest BCUT2D eigenvalue weighted by Crippen LogP contribution is -2.32. The predicted octanol–water partition coefficient (Wildman–Crippen LogP) is 12.6. The Morgan fingerprint density at radius 1 is 0.455 bits per heavy atom. The Morgan fingerprint density at radius 3 is 1.27 bits per heavy atom. The summed E-state index contributed by atoms with van der Waals surface area (Å²) in [7, 11) is 0. The summed E-state index contributed by atoms with van der Waals surface area (Å²) in [4.78, 5) is 68.7. The normalized spacial score (nSPS) is 14.2. The van der Waals surface area contributed by atoms with Crippen LogP contribution in [0.5, 0.6) is 34.9 Å². The molecule has 6 aromatic heterocycles. The summed E-state index contributed by atoms with van der Waals surface area (Å²) in [5.41, 5.74) is 27.4. The monoisotopic (exact) mass is 1370 g/mol. The molecule has 4 aliphatic rings. The van der Waals surface area contributed by atoms with E-state index in [0.29, 0.717) is 51.7 Å². The van der Waals surface area contributed by atoms with Gasteiger partial charge >= 0.3 is 0 Å². The molecule has 0 bridgehead atoms. The van der Waals surface area contributed by atoms with E-state index >= 15 is 0 Å². The van der Waals surface area contributed by atoms with E-state index in [1.165, 1.54) is 38.2 Å². The average Bonchev–Trinajstić information content (AvgIpc) is 1.67. The van der Waals surface area contributed by atoms with Gasteiger partial charge < -0.3 is 74.4 Å². The van der Waals surface area contributed by atoms with Gasteiger partial charge in [-0.2, -0.15) is 0 Å². The maximum Gasteiger partial charge on any atom is 0.267 e. The Balaban J connectivity index is 0.000000128. The van der Waals surface area contributed by atoms with Crippen LogP contribution < -0.4 is 55.6 Å². The second-order valence-electron chi connectivity index (χ2n) is 23.7. The lowest BCUT2D eigenvalue weighted by atomic mass is 10.2. The van der Waals surface area contributed by atoms with Crippen molar-refractivity contribution in [2.45, 2.75) is 38.4 Å². The summed E-state index contributed by atoms with van der Waals surface area (Å²) < 4.78 is 35.6. The molecule has 0 unspecified atom stereocenters. The van der Waals surface area contributed by atoms with Gasteiger partial charge in [0.1, 0.15) is 96.8 Å². The molecule has 25 heteroatoms. The third-order valence-corrected chi connectivity index (χ3v) is 17.7. The number of phenols is 1. The fraction of sp³-hybridized carbons (Fsp3) is 0.171. The topological polar surface area (TPSA) is 298 Å². The zero-order valence-electron chi connectivity index (χ0n) is 54.8. The Morgan fingerprint density at radius 2 is 0.832 bits per heavy atom. The Kier molecular flexibility index (Phi) is 18.9. The molecule has 1 fully saturated rings. The standard InChI is InChI=1S/C28H23N5O3.C26H25N5O3.C21H17N5O3.CH3Cl/c29-26-25-27(31-18-30-26)35-15-14-32(28(25)34)21-10-11-22-20(16-21)12-13-33(22)23-8-4-5-9-24(23)36-17-19-6-2-1-3-7-19;27-24-23-25(29-16-28-24)33-14-13-30(26(23)32)18-9-10-20-17(15-18)11-12-31(20)21-7-3-4-8-22(21)34-19-5-1-2-6-19;22-19-18-20(24-12-23-19)29-10-9-25(21(18)28)14-5-6-15-13(11-14)7-8-26(15)16-3-1-2-4-17(16)27;1-2/h1-13,16,18H,14-15,17H2,(H2,29,30,31);3-4,7-12,15-16,19H,1-2,5-6,13-14H2,(H2,27,28,29);1-8,11-12,27H,9-10H2,(H2,22,23,24);1H3. The summed E-state index contributed by atoms with van der Waals surface area (Å²) in [6, 6.07) is 57.0. The van der Waals surface area contributed by atoms with Crippen LogP contribution in [-0.2, 0) is 6.61 Å². The first-order chi connectivity index (χ1) is 49.5. The molecule has 13 aromatic rings. The van der Waals surface area contributed by atoms with Gasteiger partial charge in [-0.15, -0.1) is 11.6 Å². The molecule has 0 saturated heterocycles. The molecule has 0 radical (unpaired) electrons. The molecule has 24 nitrogen and oxygen atoms in total. The number of nitrogens with zero attached hydrogens (tertiary/aromatic N) is 12. The fourth-order valence-corrected chi connectivity index (χ4v) is 12.9. The first-order valence-electron chi connectivity index (χ1n) is 32.7. The summed E-state index contributed by atoms with van der Waals surface area (Å²) in [6.45, 7) is 2.53. The van der Waals surface area contributed by atoms with Gasteiger partial charge in [-0.1, -0.05) is 66.7 Å². The summed E-state index contributed by atoms with van der Waals surface area (Å²) in [5, 5.41) is 13.1. The molecule has 3 amide bonds. The number of rotatable bonds is 11. The van der Waals surface area contributed by atoms with E-state index in [4.69, 9.17) is 40.9 Å². The van der Waals surface area contributed by atoms with Crippen molar-refractivity contribution in [3.05, 3.63) is 236 Å². The minimum absolute atomic E-state index is 0.0960. The van der Waals surface area contributed by atoms with Crippen LogP contribution in [0.1, 0.15) is 62.3 Å². The van der Waals surface area contributed by atoms with Gasteiger partial charge in [0.2, 0.25) is 17.6 Å². The van der Waals surface area contributed by atoms with Crippen LogP contribution in [0.2, 0.25) is 0 Å². The number of para-hydroxylation sites is 6. The highest BCUT2D eigenvalue weighted by molar-refractivity contribution is 6.15. The van der Waals surface area contributed by atoms with Crippen LogP contribution >= 0.6 is 11.6 Å². The number of alkyl halides is 1. The highest BCUT2D eigenvalue weighted by Gasteiger charge is 2.33. The molecule has 7 N–H and O–H groups in total. The van der Waals surface area contributed by atoms with Crippen molar-refractivity contribution in [3.63, 3.8) is 0 Å². The van der Waals surface area contributed by atoms with Gasteiger partial charge in [0.25, 0.3) is 17.7 Å². The molecule has 0 spiro atoms. The highest BCUT2D eigenvalue weighted by Crippen LogP contribution is 2.38. The third kappa shape index (κ3) is 13.3. The van der Waals surface area contributed by atoms with Crippen molar-refractivity contribution in [3.8, 4) is 52.0 Å². The van der Waals surface area contributed by atoms with Crippen molar-refractivity contribution >= 4 is 96.5 Å². The largest absolute Gasteiger partial charge is 0.506 e. The van der Waals surface area contributed by atoms with Crippen LogP contribution in [0.4, 0.5) is 34.5 Å². The minimum atomic E-state index is -0.296. The number of fused-ring (bicyclic) bond motifs is 6. The molecule has 1 saturated carbocycles. The Hall–Kier alpha value is -12.7. The average molecular weight is 1370 g/mol. The van der Waals surface area contributed by atoms with Crippen molar-refractivity contribution in [2.75, 3.05) is 77.7 Å². The van der Waals surface area contributed by atoms with Gasteiger partial charge in [0.15, 0.2) is 0 Å². The number of phenolic OH excluding ortho intramolecular Hbond substituents is 1. The third-order valence-electron chi connectivity index (χ3n) is 17.7. The minimum Gasteiger partial charge on any atom is -0.506 e. The van der Waals surface area contributed by atoms with Gasteiger partial charge in [-0.25, -0.2) is 29.9 Å². The molecule has 9 heterocycles. The van der Waals surface area contributed by atoms with Crippen molar-refractivity contribution in [1.29, 1.82) is 0 Å². The molecule has 7 aromatic carbocycles. The number of halogens is 1. The quantitative estimate of drug-likeness (QED) is 0.0875. The molecule has 1 aliphatic carbocycles. The van der Waals surface area contributed by atoms with E-state index < -0.39 is 0 Å². The zero-order valence-corrected chi connectivity index (χ0v) is 55.5. The van der Waals surface area contributed by atoms with Gasteiger partial charge in [0.05, 0.1) is 59.4 Å². The molecule has 508 valence electrons. The molecule has 101 heavy (non-hydrogen) atoms. The maximum absolute atomic E-state index is 13.3. The zero-order chi connectivity index (χ0) is 69.5. The number of amides is 3. The smallest absolute Gasteiger partial charge is 0.267 e. The Bertz CT molecular complexity index is 5220. The van der Waals surface area contributed by atoms with E-state index in [0.717, 1.165) is 91.0 Å². The lowest BCUT2D eigenvalue weighted by molar-refractivity contribution is 0.0982. The number of nitrogens with two attached hydrogens (primary N) is 3. The van der Waals surface area contributed by atoms with Crippen LogP contribution in [0.15, 0.2) is 213 Å². The number of aromatic hydroxyl groups is 1. The lowest BCUT2D eigenvalue weighted by Gasteiger charge is -2.21. The summed E-state index contributed by atoms with van der Waals surface area (Å²) >= 11 is 4.64. The number of nitrogen functional groups attached to an aromatic ring is 3. The number of ether oxygens (including phenoxy) is 5. The van der Waals surface area contributed by atoms with Crippen LogP contribution in [0, 0.1) is 0 Å². The fourth-order valence-electron chi connectivity index (χ4n) is 12.9.